The third-order valence-corrected chi connectivity index (χ3v) is 3.32. The molecule has 6 heteroatoms. The molecule has 0 aromatic carbocycles. The van der Waals surface area contributed by atoms with Crippen molar-refractivity contribution in [2.75, 3.05) is 11.9 Å². The van der Waals surface area contributed by atoms with Gasteiger partial charge in [-0.15, -0.1) is 0 Å². The Bertz CT molecular complexity index is 509. The zero-order chi connectivity index (χ0) is 13.2. The Balaban J connectivity index is 1.88. The van der Waals surface area contributed by atoms with E-state index in [0.717, 1.165) is 29.7 Å². The Labute approximate surface area is 111 Å². The van der Waals surface area contributed by atoms with Gasteiger partial charge in [-0.05, 0) is 0 Å². The summed E-state index contributed by atoms with van der Waals surface area (Å²) in [5.74, 6) is 1.97. The standard InChI is InChI=1S/C12H19N5S/c1-12(2,3)10-15-11(18-16-10)14-6-5-9-13-7-8-17(9)4/h7-8H,5-6H2,1-4H3,(H,14,15,16). The van der Waals surface area contributed by atoms with Crippen LogP contribution < -0.4 is 5.32 Å². The fourth-order valence-electron chi connectivity index (χ4n) is 1.52. The van der Waals surface area contributed by atoms with Crippen LogP contribution in [-0.2, 0) is 18.9 Å². The molecule has 0 bridgehead atoms. The monoisotopic (exact) mass is 265 g/mol. The summed E-state index contributed by atoms with van der Waals surface area (Å²) < 4.78 is 6.40. The number of aryl methyl sites for hydroxylation is 1. The van der Waals surface area contributed by atoms with Crippen LogP contribution >= 0.6 is 11.5 Å². The Kier molecular flexibility index (Phi) is 3.65. The van der Waals surface area contributed by atoms with E-state index in [0.29, 0.717) is 0 Å². The number of hydrogen-bond acceptors (Lipinski definition) is 5. The maximum Gasteiger partial charge on any atom is 0.202 e. The first-order chi connectivity index (χ1) is 8.47. The van der Waals surface area contributed by atoms with E-state index in [1.165, 1.54) is 11.5 Å². The van der Waals surface area contributed by atoms with Crippen molar-refractivity contribution in [3.63, 3.8) is 0 Å². The summed E-state index contributed by atoms with van der Waals surface area (Å²) in [5, 5.41) is 4.18. The van der Waals surface area contributed by atoms with Crippen molar-refractivity contribution >= 4 is 16.7 Å². The van der Waals surface area contributed by atoms with Crippen LogP contribution in [0, 0.1) is 0 Å². The second kappa shape index (κ2) is 5.06. The van der Waals surface area contributed by atoms with Crippen molar-refractivity contribution < 1.29 is 0 Å². The predicted octanol–water partition coefficient (Wildman–Crippen LogP) is 2.22. The van der Waals surface area contributed by atoms with Crippen LogP contribution in [0.4, 0.5) is 5.13 Å². The highest BCUT2D eigenvalue weighted by Crippen LogP contribution is 2.22. The molecule has 0 radical (unpaired) electrons. The van der Waals surface area contributed by atoms with Gasteiger partial charge in [-0.2, -0.15) is 4.37 Å². The molecule has 0 amide bonds. The first kappa shape index (κ1) is 13.0. The normalized spacial score (nSPS) is 11.8. The van der Waals surface area contributed by atoms with Gasteiger partial charge in [0.2, 0.25) is 5.13 Å². The molecule has 0 aliphatic heterocycles. The fourth-order valence-corrected chi connectivity index (χ4v) is 2.30. The summed E-state index contributed by atoms with van der Waals surface area (Å²) in [6.45, 7) is 7.18. The molecule has 18 heavy (non-hydrogen) atoms. The van der Waals surface area contributed by atoms with E-state index in [1.54, 1.807) is 0 Å². The van der Waals surface area contributed by atoms with Gasteiger partial charge >= 0.3 is 0 Å². The number of nitrogens with zero attached hydrogens (tertiary/aromatic N) is 4. The third kappa shape index (κ3) is 3.07. The molecule has 0 aliphatic rings. The number of nitrogens with one attached hydrogen (secondary N) is 1. The molecule has 5 nitrogen and oxygen atoms in total. The lowest BCUT2D eigenvalue weighted by Gasteiger charge is -2.12. The van der Waals surface area contributed by atoms with Crippen molar-refractivity contribution in [2.45, 2.75) is 32.6 Å². The van der Waals surface area contributed by atoms with Crippen LogP contribution in [0.15, 0.2) is 12.4 Å². The molecule has 2 heterocycles. The molecule has 2 rings (SSSR count). The molecule has 0 aliphatic carbocycles. The Morgan fingerprint density at radius 1 is 1.39 bits per heavy atom. The zero-order valence-electron chi connectivity index (χ0n) is 11.3. The molecule has 98 valence electrons. The van der Waals surface area contributed by atoms with Crippen molar-refractivity contribution in [3.05, 3.63) is 24.0 Å². The lowest BCUT2D eigenvalue weighted by Crippen LogP contribution is -2.13. The van der Waals surface area contributed by atoms with Gasteiger partial charge in [0, 0.05) is 49.4 Å². The minimum Gasteiger partial charge on any atom is -0.360 e. The average molecular weight is 265 g/mol. The number of anilines is 1. The summed E-state index contributed by atoms with van der Waals surface area (Å²) in [6, 6.07) is 0. The van der Waals surface area contributed by atoms with E-state index in [-0.39, 0.29) is 5.41 Å². The van der Waals surface area contributed by atoms with Gasteiger partial charge in [0.1, 0.15) is 11.6 Å². The maximum absolute atomic E-state index is 4.49. The summed E-state index contributed by atoms with van der Waals surface area (Å²) in [7, 11) is 2.00. The molecule has 0 atom stereocenters. The quantitative estimate of drug-likeness (QED) is 0.921. The molecular formula is C12H19N5S. The van der Waals surface area contributed by atoms with Crippen LogP contribution in [0.5, 0.6) is 0 Å². The van der Waals surface area contributed by atoms with E-state index in [1.807, 2.05) is 24.0 Å². The second-order valence-electron chi connectivity index (χ2n) is 5.30. The molecule has 0 fully saturated rings. The number of imidazole rings is 1. The van der Waals surface area contributed by atoms with Gasteiger partial charge in [-0.1, -0.05) is 20.8 Å². The van der Waals surface area contributed by atoms with E-state index in [9.17, 15) is 0 Å². The van der Waals surface area contributed by atoms with Gasteiger partial charge in [0.05, 0.1) is 0 Å². The smallest absolute Gasteiger partial charge is 0.202 e. The summed E-state index contributed by atoms with van der Waals surface area (Å²) in [5.41, 5.74) is 0.0100. The Hall–Kier alpha value is -1.43. The average Bonchev–Trinajstić information content (AvgIpc) is 2.88. The van der Waals surface area contributed by atoms with Crippen LogP contribution in [0.2, 0.25) is 0 Å². The van der Waals surface area contributed by atoms with E-state index in [2.05, 4.69) is 40.4 Å². The first-order valence-electron chi connectivity index (χ1n) is 6.01. The summed E-state index contributed by atoms with van der Waals surface area (Å²) >= 11 is 1.42. The van der Waals surface area contributed by atoms with Gasteiger partial charge in [0.15, 0.2) is 0 Å². The molecule has 0 saturated carbocycles. The molecular weight excluding hydrogens is 246 g/mol. The Morgan fingerprint density at radius 2 is 2.17 bits per heavy atom. The van der Waals surface area contributed by atoms with Gasteiger partial charge < -0.3 is 9.88 Å². The molecule has 2 aromatic rings. The van der Waals surface area contributed by atoms with Gasteiger partial charge in [-0.3, -0.25) is 0 Å². The highest BCUT2D eigenvalue weighted by molar-refractivity contribution is 7.09. The zero-order valence-corrected chi connectivity index (χ0v) is 12.1. The number of aromatic nitrogens is 4. The number of hydrogen-bond donors (Lipinski definition) is 1. The SMILES string of the molecule is Cn1ccnc1CCNc1nc(C(C)(C)C)ns1. The molecule has 0 spiro atoms. The molecule has 0 unspecified atom stereocenters. The van der Waals surface area contributed by atoms with Crippen LogP contribution in [0.3, 0.4) is 0 Å². The minimum absolute atomic E-state index is 0.0100. The Morgan fingerprint density at radius 3 is 2.72 bits per heavy atom. The predicted molar refractivity (Wildman–Crippen MR) is 74.0 cm³/mol. The van der Waals surface area contributed by atoms with Crippen LogP contribution in [-0.4, -0.2) is 25.5 Å². The highest BCUT2D eigenvalue weighted by atomic mass is 32.1. The van der Waals surface area contributed by atoms with Crippen LogP contribution in [0.25, 0.3) is 0 Å². The summed E-state index contributed by atoms with van der Waals surface area (Å²) in [6.07, 6.45) is 4.66. The lowest BCUT2D eigenvalue weighted by molar-refractivity contribution is 0.555. The molecule has 2 aromatic heterocycles. The van der Waals surface area contributed by atoms with E-state index in [4.69, 9.17) is 0 Å². The maximum atomic E-state index is 4.49. The fraction of sp³-hybridized carbons (Fsp3) is 0.583. The van der Waals surface area contributed by atoms with Crippen molar-refractivity contribution in [1.29, 1.82) is 0 Å². The topological polar surface area (TPSA) is 55.6 Å². The highest BCUT2D eigenvalue weighted by Gasteiger charge is 2.19. The van der Waals surface area contributed by atoms with E-state index >= 15 is 0 Å². The van der Waals surface area contributed by atoms with Crippen molar-refractivity contribution in [1.82, 2.24) is 18.9 Å². The molecule has 1 N–H and O–H groups in total. The minimum atomic E-state index is 0.0100. The van der Waals surface area contributed by atoms with Gasteiger partial charge in [0.25, 0.3) is 0 Å². The third-order valence-electron chi connectivity index (χ3n) is 2.64. The van der Waals surface area contributed by atoms with Crippen molar-refractivity contribution in [3.8, 4) is 0 Å². The largest absolute Gasteiger partial charge is 0.360 e. The van der Waals surface area contributed by atoms with Crippen molar-refractivity contribution in [2.24, 2.45) is 7.05 Å². The van der Waals surface area contributed by atoms with E-state index < -0.39 is 0 Å². The summed E-state index contributed by atoms with van der Waals surface area (Å²) in [4.78, 5) is 8.77. The molecule has 0 saturated heterocycles. The first-order valence-corrected chi connectivity index (χ1v) is 6.78. The van der Waals surface area contributed by atoms with Gasteiger partial charge in [-0.25, -0.2) is 9.97 Å². The second-order valence-corrected chi connectivity index (χ2v) is 6.06. The van der Waals surface area contributed by atoms with Crippen LogP contribution in [0.1, 0.15) is 32.4 Å². The number of rotatable bonds is 4. The lowest BCUT2D eigenvalue weighted by atomic mass is 9.96.